The van der Waals surface area contributed by atoms with E-state index in [0.717, 1.165) is 26.7 Å². The number of hydrogen-bond acceptors (Lipinski definition) is 3. The van der Waals surface area contributed by atoms with E-state index < -0.39 is 0 Å². The molecule has 0 aliphatic heterocycles. The van der Waals surface area contributed by atoms with Crippen LogP contribution in [0.25, 0.3) is 11.2 Å². The molecule has 6 heteroatoms. The molecule has 0 N–H and O–H groups in total. The van der Waals surface area contributed by atoms with E-state index in [-0.39, 0.29) is 0 Å². The van der Waals surface area contributed by atoms with E-state index in [0.29, 0.717) is 11.9 Å². The van der Waals surface area contributed by atoms with Crippen molar-refractivity contribution >= 4 is 50.5 Å². The van der Waals surface area contributed by atoms with Gasteiger partial charge in [-0.05, 0) is 47.5 Å². The fraction of sp³-hybridized carbons (Fsp3) is 0.538. The molecule has 3 nitrogen and oxygen atoms in total. The zero-order valence-corrected chi connectivity index (χ0v) is 13.8. The van der Waals surface area contributed by atoms with Gasteiger partial charge in [0.05, 0.1) is 5.88 Å². The average Bonchev–Trinajstić information content (AvgIpc) is 3.00. The lowest BCUT2D eigenvalue weighted by atomic mass is 10.2. The molecule has 0 radical (unpaired) electrons. The van der Waals surface area contributed by atoms with Gasteiger partial charge in [0.2, 0.25) is 0 Å². The summed E-state index contributed by atoms with van der Waals surface area (Å²) in [7, 11) is 0. The number of rotatable bonds is 3. The predicted octanol–water partition coefficient (Wildman–Crippen LogP) is 4.39. The Morgan fingerprint density at radius 1 is 1.53 bits per heavy atom. The molecule has 1 aliphatic carbocycles. The maximum absolute atomic E-state index is 6.06. The lowest BCUT2D eigenvalue weighted by Gasteiger charge is -2.15. The molecule has 19 heavy (non-hydrogen) atoms. The van der Waals surface area contributed by atoms with E-state index in [1.807, 2.05) is 24.0 Å². The second-order valence-corrected chi connectivity index (χ2v) is 7.17. The Balaban J connectivity index is 2.06. The molecule has 1 saturated carbocycles. The Morgan fingerprint density at radius 3 is 3.05 bits per heavy atom. The number of halogens is 2. The van der Waals surface area contributed by atoms with Gasteiger partial charge in [-0.2, -0.15) is 11.8 Å². The monoisotopic (exact) mass is 359 g/mol. The first-order chi connectivity index (χ1) is 9.22. The van der Waals surface area contributed by atoms with Crippen LogP contribution in [0.4, 0.5) is 0 Å². The summed E-state index contributed by atoms with van der Waals surface area (Å²) in [5.74, 6) is 1.38. The summed E-state index contributed by atoms with van der Waals surface area (Å²) in [6.45, 7) is 0. The highest BCUT2D eigenvalue weighted by atomic mass is 79.9. The smallest absolute Gasteiger partial charge is 0.160 e. The number of alkyl halides is 1. The second kappa shape index (κ2) is 5.62. The molecule has 1 fully saturated rings. The highest BCUT2D eigenvalue weighted by Crippen LogP contribution is 2.38. The van der Waals surface area contributed by atoms with E-state index in [2.05, 4.69) is 36.7 Å². The topological polar surface area (TPSA) is 30.7 Å². The van der Waals surface area contributed by atoms with Crippen molar-refractivity contribution in [2.24, 2.45) is 0 Å². The molecule has 2 unspecified atom stereocenters. The van der Waals surface area contributed by atoms with Crippen LogP contribution >= 0.6 is 39.3 Å². The summed E-state index contributed by atoms with van der Waals surface area (Å²) in [5.41, 5.74) is 1.89. The molecule has 2 heterocycles. The molecule has 0 amide bonds. The summed E-state index contributed by atoms with van der Waals surface area (Å²) in [6.07, 6.45) is 7.67. The Labute approximate surface area is 130 Å². The molecule has 2 atom stereocenters. The van der Waals surface area contributed by atoms with Gasteiger partial charge in [0.1, 0.15) is 11.3 Å². The first-order valence-electron chi connectivity index (χ1n) is 6.34. The number of thioether (sulfide) groups is 1. The predicted molar refractivity (Wildman–Crippen MR) is 85.0 cm³/mol. The Kier molecular flexibility index (Phi) is 4.06. The molecule has 0 aromatic carbocycles. The van der Waals surface area contributed by atoms with Crippen molar-refractivity contribution in [2.45, 2.75) is 36.4 Å². The molecule has 1 aliphatic rings. The van der Waals surface area contributed by atoms with Crippen LogP contribution in [-0.4, -0.2) is 26.0 Å². The average molecular weight is 361 g/mol. The van der Waals surface area contributed by atoms with Crippen LogP contribution in [0.15, 0.2) is 16.7 Å². The van der Waals surface area contributed by atoms with Crippen molar-refractivity contribution in [3.8, 4) is 0 Å². The minimum atomic E-state index is 0.439. The van der Waals surface area contributed by atoms with E-state index in [4.69, 9.17) is 11.6 Å². The van der Waals surface area contributed by atoms with Crippen LogP contribution in [0.3, 0.4) is 0 Å². The molecular formula is C13H15BrClN3S. The number of pyridine rings is 1. The third-order valence-corrected chi connectivity index (χ3v) is 5.51. The van der Waals surface area contributed by atoms with Gasteiger partial charge < -0.3 is 4.57 Å². The quantitative estimate of drug-likeness (QED) is 0.761. The number of hydrogen-bond donors (Lipinski definition) is 0. The SMILES string of the molecule is CSC1CCC(n2c(CCl)nc3cc(Br)cnc32)C1. The summed E-state index contributed by atoms with van der Waals surface area (Å²) in [6, 6.07) is 2.50. The van der Waals surface area contributed by atoms with Gasteiger partial charge in [-0.25, -0.2) is 9.97 Å². The molecule has 0 saturated heterocycles. The number of aromatic nitrogens is 3. The maximum Gasteiger partial charge on any atom is 0.160 e. The second-order valence-electron chi connectivity index (χ2n) is 4.85. The first-order valence-corrected chi connectivity index (χ1v) is 8.95. The van der Waals surface area contributed by atoms with Gasteiger partial charge in [0.15, 0.2) is 5.65 Å². The molecule has 0 bridgehead atoms. The standard InChI is InChI=1S/C13H15BrClN3S/c1-19-10-3-2-9(5-10)18-12(6-15)17-11-4-8(14)7-16-13(11)18/h4,7,9-10H,2-3,5-6H2,1H3. The van der Waals surface area contributed by atoms with Crippen LogP contribution in [0.5, 0.6) is 0 Å². The van der Waals surface area contributed by atoms with Crippen molar-refractivity contribution in [3.63, 3.8) is 0 Å². The molecule has 3 rings (SSSR count). The van der Waals surface area contributed by atoms with E-state index in [1.165, 1.54) is 19.3 Å². The highest BCUT2D eigenvalue weighted by molar-refractivity contribution is 9.10. The van der Waals surface area contributed by atoms with Crippen LogP contribution in [0, 0.1) is 0 Å². The Hall–Kier alpha value is -0.260. The molecular weight excluding hydrogens is 346 g/mol. The van der Waals surface area contributed by atoms with Crippen LogP contribution in [-0.2, 0) is 5.88 Å². The van der Waals surface area contributed by atoms with Crippen LogP contribution in [0.2, 0.25) is 0 Å². The lowest BCUT2D eigenvalue weighted by molar-refractivity contribution is 0.516. The molecule has 2 aromatic rings. The summed E-state index contributed by atoms with van der Waals surface area (Å²) >= 11 is 11.5. The van der Waals surface area contributed by atoms with Crippen molar-refractivity contribution < 1.29 is 0 Å². The van der Waals surface area contributed by atoms with Crippen molar-refractivity contribution in [1.82, 2.24) is 14.5 Å². The van der Waals surface area contributed by atoms with Crippen LogP contribution in [0.1, 0.15) is 31.1 Å². The number of imidazole rings is 1. The van der Waals surface area contributed by atoms with Gasteiger partial charge >= 0.3 is 0 Å². The largest absolute Gasteiger partial charge is 0.309 e. The molecule has 102 valence electrons. The van der Waals surface area contributed by atoms with E-state index >= 15 is 0 Å². The van der Waals surface area contributed by atoms with Crippen molar-refractivity contribution in [1.29, 1.82) is 0 Å². The maximum atomic E-state index is 6.06. The van der Waals surface area contributed by atoms with Crippen molar-refractivity contribution in [3.05, 3.63) is 22.6 Å². The summed E-state index contributed by atoms with van der Waals surface area (Å²) in [4.78, 5) is 9.15. The fourth-order valence-electron chi connectivity index (χ4n) is 2.85. The normalized spacial score (nSPS) is 23.3. The van der Waals surface area contributed by atoms with Gasteiger partial charge in [-0.1, -0.05) is 0 Å². The first kappa shape index (κ1) is 13.7. The fourth-order valence-corrected chi connectivity index (χ4v) is 4.14. The van der Waals surface area contributed by atoms with Crippen LogP contribution < -0.4 is 0 Å². The third kappa shape index (κ3) is 2.52. The minimum Gasteiger partial charge on any atom is -0.309 e. The lowest BCUT2D eigenvalue weighted by Crippen LogP contribution is -2.10. The Morgan fingerprint density at radius 2 is 2.37 bits per heavy atom. The Bertz CT molecular complexity index is 601. The number of fused-ring (bicyclic) bond motifs is 1. The zero-order chi connectivity index (χ0) is 13.4. The summed E-state index contributed by atoms with van der Waals surface area (Å²) in [5, 5.41) is 0.751. The van der Waals surface area contributed by atoms with E-state index in [9.17, 15) is 0 Å². The molecule has 0 spiro atoms. The van der Waals surface area contributed by atoms with E-state index in [1.54, 1.807) is 0 Å². The van der Waals surface area contributed by atoms with Gasteiger partial charge in [-0.15, -0.1) is 11.6 Å². The third-order valence-electron chi connectivity index (χ3n) is 3.74. The molecule has 2 aromatic heterocycles. The highest BCUT2D eigenvalue weighted by Gasteiger charge is 2.28. The zero-order valence-electron chi connectivity index (χ0n) is 10.6. The number of nitrogens with zero attached hydrogens (tertiary/aromatic N) is 3. The summed E-state index contributed by atoms with van der Waals surface area (Å²) < 4.78 is 3.21. The van der Waals surface area contributed by atoms with Crippen molar-refractivity contribution in [2.75, 3.05) is 6.26 Å². The van der Waals surface area contributed by atoms with Gasteiger partial charge in [-0.3, -0.25) is 0 Å². The van der Waals surface area contributed by atoms with Gasteiger partial charge in [0, 0.05) is 22.0 Å². The minimum absolute atomic E-state index is 0.439. The van der Waals surface area contributed by atoms with Gasteiger partial charge in [0.25, 0.3) is 0 Å².